The van der Waals surface area contributed by atoms with Gasteiger partial charge in [0.15, 0.2) is 0 Å². The molecule has 0 saturated carbocycles. The minimum atomic E-state index is -0.442. The van der Waals surface area contributed by atoms with Crippen molar-refractivity contribution in [3.63, 3.8) is 0 Å². The van der Waals surface area contributed by atoms with Gasteiger partial charge in [-0.05, 0) is 61.6 Å². The van der Waals surface area contributed by atoms with E-state index in [2.05, 4.69) is 10.2 Å². The number of hydrogen-bond acceptors (Lipinski definition) is 3. The van der Waals surface area contributed by atoms with E-state index in [-0.39, 0.29) is 17.6 Å². The van der Waals surface area contributed by atoms with Gasteiger partial charge < -0.3 is 11.1 Å². The number of nitrogens with two attached hydrogens (primary N) is 1. The number of anilines is 1. The highest BCUT2D eigenvalue weighted by Gasteiger charge is 2.31. The van der Waals surface area contributed by atoms with Crippen molar-refractivity contribution in [2.24, 2.45) is 11.7 Å². The maximum Gasteiger partial charge on any atom is 0.246 e. The summed E-state index contributed by atoms with van der Waals surface area (Å²) in [6.45, 7) is 1.55. The first-order chi connectivity index (χ1) is 13.5. The molecule has 2 unspecified atom stereocenters. The number of primary amides is 1. The van der Waals surface area contributed by atoms with Gasteiger partial charge in [-0.2, -0.15) is 0 Å². The Hall–Kier alpha value is -2.73. The smallest absolute Gasteiger partial charge is 0.246 e. The zero-order valence-corrected chi connectivity index (χ0v) is 15.8. The summed E-state index contributed by atoms with van der Waals surface area (Å²) in [5, 5.41) is 2.91. The van der Waals surface area contributed by atoms with Crippen LogP contribution < -0.4 is 11.1 Å². The van der Waals surface area contributed by atoms with Gasteiger partial charge in [0, 0.05) is 18.7 Å². The van der Waals surface area contributed by atoms with Gasteiger partial charge in [0.25, 0.3) is 0 Å². The number of piperidine rings is 1. The number of nitrogens with zero attached hydrogens (tertiary/aromatic N) is 1. The molecule has 0 radical (unpaired) electrons. The van der Waals surface area contributed by atoms with Crippen LogP contribution in [0.15, 0.2) is 54.6 Å². The first-order valence-corrected chi connectivity index (χ1v) is 9.66. The van der Waals surface area contributed by atoms with Crippen LogP contribution in [0.4, 0.5) is 10.1 Å². The molecule has 1 heterocycles. The highest BCUT2D eigenvalue weighted by molar-refractivity contribution is 5.95. The highest BCUT2D eigenvalue weighted by atomic mass is 19.1. The van der Waals surface area contributed by atoms with Crippen LogP contribution in [0, 0.1) is 11.7 Å². The summed E-state index contributed by atoms with van der Waals surface area (Å²) in [6, 6.07) is 15.0. The van der Waals surface area contributed by atoms with Gasteiger partial charge in [-0.25, -0.2) is 4.39 Å². The van der Waals surface area contributed by atoms with Crippen molar-refractivity contribution < 1.29 is 14.0 Å². The lowest BCUT2D eigenvalue weighted by atomic mass is 9.91. The third-order valence-electron chi connectivity index (χ3n) is 5.19. The van der Waals surface area contributed by atoms with Gasteiger partial charge in [-0.3, -0.25) is 14.5 Å². The van der Waals surface area contributed by atoms with Gasteiger partial charge in [0.1, 0.15) is 11.9 Å². The lowest BCUT2D eigenvalue weighted by molar-refractivity contribution is -0.123. The quantitative estimate of drug-likeness (QED) is 0.769. The molecular formula is C22H26FN3O2. The second kappa shape index (κ2) is 9.46. The molecule has 1 saturated heterocycles. The van der Waals surface area contributed by atoms with Crippen LogP contribution in [0.5, 0.6) is 0 Å². The molecule has 3 rings (SSSR count). The fraction of sp³-hybridized carbons (Fsp3) is 0.364. The maximum absolute atomic E-state index is 13.2. The number of likely N-dealkylation sites (tertiary alicyclic amines) is 1. The molecule has 28 heavy (non-hydrogen) atoms. The number of nitrogens with one attached hydrogen (secondary N) is 1. The molecule has 1 aliphatic rings. The van der Waals surface area contributed by atoms with Crippen LogP contribution in [-0.2, 0) is 9.59 Å². The third-order valence-corrected chi connectivity index (χ3v) is 5.19. The van der Waals surface area contributed by atoms with Crippen LogP contribution in [-0.4, -0.2) is 29.8 Å². The Morgan fingerprint density at radius 3 is 2.54 bits per heavy atom. The van der Waals surface area contributed by atoms with Crippen molar-refractivity contribution in [2.45, 2.75) is 31.7 Å². The van der Waals surface area contributed by atoms with Crippen molar-refractivity contribution in [3.8, 4) is 0 Å². The Morgan fingerprint density at radius 2 is 1.86 bits per heavy atom. The molecule has 1 aliphatic heterocycles. The molecule has 2 aromatic rings. The van der Waals surface area contributed by atoms with Crippen molar-refractivity contribution in [1.29, 1.82) is 0 Å². The minimum absolute atomic E-state index is 0.145. The average Bonchev–Trinajstić information content (AvgIpc) is 2.69. The molecule has 5 nitrogen and oxygen atoms in total. The van der Waals surface area contributed by atoms with Gasteiger partial charge in [-0.1, -0.05) is 30.3 Å². The first kappa shape index (κ1) is 20.0. The van der Waals surface area contributed by atoms with Crippen LogP contribution in [0.1, 0.15) is 37.3 Å². The van der Waals surface area contributed by atoms with Gasteiger partial charge >= 0.3 is 0 Å². The van der Waals surface area contributed by atoms with E-state index >= 15 is 0 Å². The average molecular weight is 383 g/mol. The zero-order valence-electron chi connectivity index (χ0n) is 15.8. The fourth-order valence-electron chi connectivity index (χ4n) is 3.82. The molecule has 2 amide bonds. The van der Waals surface area contributed by atoms with Crippen LogP contribution >= 0.6 is 0 Å². The summed E-state index contributed by atoms with van der Waals surface area (Å²) in [5.74, 6) is -0.434. The molecule has 0 spiro atoms. The van der Waals surface area contributed by atoms with Crippen molar-refractivity contribution in [1.82, 2.24) is 4.90 Å². The summed E-state index contributed by atoms with van der Waals surface area (Å²) in [6.07, 6.45) is 3.12. The van der Waals surface area contributed by atoms with E-state index < -0.39 is 6.04 Å². The molecule has 0 aromatic heterocycles. The first-order valence-electron chi connectivity index (χ1n) is 9.66. The van der Waals surface area contributed by atoms with E-state index in [9.17, 15) is 14.0 Å². The normalized spacial score (nSPS) is 18.4. The van der Waals surface area contributed by atoms with Crippen molar-refractivity contribution in [3.05, 3.63) is 66.0 Å². The van der Waals surface area contributed by atoms with Crippen LogP contribution in [0.25, 0.3) is 0 Å². The minimum Gasteiger partial charge on any atom is -0.370 e. The monoisotopic (exact) mass is 383 g/mol. The number of halogens is 1. The van der Waals surface area contributed by atoms with E-state index in [0.29, 0.717) is 18.0 Å². The topological polar surface area (TPSA) is 75.4 Å². The molecule has 3 N–H and O–H groups in total. The summed E-state index contributed by atoms with van der Waals surface area (Å²) in [4.78, 5) is 26.5. The second-order valence-corrected chi connectivity index (χ2v) is 7.32. The number of rotatable bonds is 7. The molecule has 1 fully saturated rings. The largest absolute Gasteiger partial charge is 0.370 e. The molecule has 6 heteroatoms. The Kier molecular flexibility index (Phi) is 6.76. The summed E-state index contributed by atoms with van der Waals surface area (Å²) < 4.78 is 13.2. The molecule has 2 atom stereocenters. The Bertz CT molecular complexity index is 795. The van der Waals surface area contributed by atoms with Crippen molar-refractivity contribution >= 4 is 17.5 Å². The van der Waals surface area contributed by atoms with E-state index in [4.69, 9.17) is 5.73 Å². The Morgan fingerprint density at radius 1 is 1.14 bits per heavy atom. The lowest BCUT2D eigenvalue weighted by Gasteiger charge is -2.37. The fourth-order valence-corrected chi connectivity index (χ4v) is 3.82. The number of benzene rings is 2. The Balaban J connectivity index is 1.77. The standard InChI is InChI=1S/C22H26FN3O2/c23-18-9-11-19(12-10-18)25-22(28)21(17-6-2-1-3-7-17)26-14-4-5-16(15-26)8-13-20(24)27/h1-3,6-7,9-12,16,21H,4-5,8,13-15H2,(H2,24,27)(H,25,28). The predicted molar refractivity (Wildman–Crippen MR) is 107 cm³/mol. The summed E-state index contributed by atoms with van der Waals surface area (Å²) in [7, 11) is 0. The van der Waals surface area contributed by atoms with Gasteiger partial charge in [0.2, 0.25) is 11.8 Å². The van der Waals surface area contributed by atoms with Crippen LogP contribution in [0.2, 0.25) is 0 Å². The van der Waals surface area contributed by atoms with E-state index in [1.807, 2.05) is 30.3 Å². The molecular weight excluding hydrogens is 357 g/mol. The highest BCUT2D eigenvalue weighted by Crippen LogP contribution is 2.30. The SMILES string of the molecule is NC(=O)CCC1CCCN(C(C(=O)Nc2ccc(F)cc2)c2ccccc2)C1. The summed E-state index contributed by atoms with van der Waals surface area (Å²) >= 11 is 0. The molecule has 0 bridgehead atoms. The zero-order chi connectivity index (χ0) is 19.9. The number of carbonyl (C=O) groups is 2. The van der Waals surface area contributed by atoms with E-state index in [1.54, 1.807) is 12.1 Å². The maximum atomic E-state index is 13.2. The number of hydrogen-bond donors (Lipinski definition) is 2. The number of carbonyl (C=O) groups excluding carboxylic acids is 2. The lowest BCUT2D eigenvalue weighted by Crippen LogP contribution is -2.43. The van der Waals surface area contributed by atoms with Crippen LogP contribution in [0.3, 0.4) is 0 Å². The van der Waals surface area contributed by atoms with Gasteiger partial charge in [0.05, 0.1) is 0 Å². The van der Waals surface area contributed by atoms with E-state index in [1.165, 1.54) is 12.1 Å². The van der Waals surface area contributed by atoms with Crippen molar-refractivity contribution in [2.75, 3.05) is 18.4 Å². The third kappa shape index (κ3) is 5.39. The predicted octanol–water partition coefficient (Wildman–Crippen LogP) is 3.48. The molecule has 0 aliphatic carbocycles. The molecule has 2 aromatic carbocycles. The Labute approximate surface area is 164 Å². The van der Waals surface area contributed by atoms with E-state index in [0.717, 1.165) is 37.9 Å². The second-order valence-electron chi connectivity index (χ2n) is 7.32. The van der Waals surface area contributed by atoms with Gasteiger partial charge in [-0.15, -0.1) is 0 Å². The molecule has 148 valence electrons. The summed E-state index contributed by atoms with van der Waals surface area (Å²) in [5.41, 5.74) is 6.78. The number of amides is 2.